The van der Waals surface area contributed by atoms with Gasteiger partial charge in [-0.3, -0.25) is 43.2 Å². The number of primary amides is 1. The fraction of sp³-hybridized carbons (Fsp3) is 0.593. The second-order valence-electron chi connectivity index (χ2n) is 20.8. The van der Waals surface area contributed by atoms with E-state index in [9.17, 15) is 73.5 Å². The fourth-order valence-corrected chi connectivity index (χ4v) is 9.22. The highest BCUT2D eigenvalue weighted by Crippen LogP contribution is 2.26. The molecule has 0 saturated carbocycles. The number of ether oxygens (including phenoxy) is 2. The van der Waals surface area contributed by atoms with Gasteiger partial charge in [0.05, 0.1) is 19.8 Å². The zero-order chi connectivity index (χ0) is 59.7. The van der Waals surface area contributed by atoms with Crippen LogP contribution in [0.25, 0.3) is 0 Å². The molecule has 2 aliphatic heterocycles. The summed E-state index contributed by atoms with van der Waals surface area (Å²) in [5.74, 6) is -10.9. The molecule has 2 bridgehead atoms. The van der Waals surface area contributed by atoms with Crippen molar-refractivity contribution in [1.82, 2.24) is 41.7 Å². The molecule has 0 unspecified atom stereocenters. The molecule has 0 aliphatic carbocycles. The fourth-order valence-electron chi connectivity index (χ4n) is 9.22. The molecular weight excluding hydrogens is 1050 g/mol. The van der Waals surface area contributed by atoms with Crippen LogP contribution in [0, 0.1) is 11.8 Å². The third-order valence-electron chi connectivity index (χ3n) is 14.2. The molecule has 13 atom stereocenters. The summed E-state index contributed by atoms with van der Waals surface area (Å²) >= 11 is 0. The molecule has 0 radical (unpaired) electrons. The number of nitrogens with two attached hydrogens (primary N) is 1. The zero-order valence-electron chi connectivity index (χ0n) is 46.4. The normalized spacial score (nSPS) is 24.5. The van der Waals surface area contributed by atoms with Crippen molar-refractivity contribution in [3.8, 4) is 11.5 Å². The van der Waals surface area contributed by atoms with E-state index in [4.69, 9.17) is 15.2 Å². The summed E-state index contributed by atoms with van der Waals surface area (Å²) in [6.45, 7) is 8.20. The maximum Gasteiger partial charge on any atom is 0.329 e. The molecule has 442 valence electrons. The van der Waals surface area contributed by atoms with E-state index in [1.54, 1.807) is 64.1 Å². The Bertz CT molecular complexity index is 2500. The van der Waals surface area contributed by atoms with Crippen LogP contribution in [0.15, 0.2) is 48.5 Å². The number of aromatic hydroxyl groups is 1. The van der Waals surface area contributed by atoms with Crippen LogP contribution in [0.2, 0.25) is 0 Å². The first-order valence-electron chi connectivity index (χ1n) is 26.7. The van der Waals surface area contributed by atoms with Crippen LogP contribution < -0.4 is 42.4 Å². The van der Waals surface area contributed by atoms with Crippen LogP contribution in [0.5, 0.6) is 11.5 Å². The Morgan fingerprint density at radius 3 is 2.00 bits per heavy atom. The average molecular weight is 1130 g/mol. The number of carbonyl (C=O) groups is 10. The number of carbonyl (C=O) groups excluding carboxylic acids is 10. The van der Waals surface area contributed by atoms with E-state index in [1.165, 1.54) is 40.1 Å². The molecule has 0 aromatic heterocycles. The highest BCUT2D eigenvalue weighted by molar-refractivity contribution is 5.99. The molecule has 2 saturated heterocycles. The van der Waals surface area contributed by atoms with E-state index < -0.39 is 157 Å². The molecule has 2 heterocycles. The third kappa shape index (κ3) is 18.1. The van der Waals surface area contributed by atoms with E-state index in [2.05, 4.69) is 31.9 Å². The second kappa shape index (κ2) is 30.2. The molecule has 80 heavy (non-hydrogen) atoms. The van der Waals surface area contributed by atoms with Gasteiger partial charge in [-0.05, 0) is 99.6 Å². The number of esters is 1. The summed E-state index contributed by atoms with van der Waals surface area (Å²) in [6.07, 6.45) is -8.43. The van der Waals surface area contributed by atoms with Gasteiger partial charge in [-0.25, -0.2) is 4.79 Å². The van der Waals surface area contributed by atoms with Crippen molar-refractivity contribution in [2.45, 2.75) is 172 Å². The van der Waals surface area contributed by atoms with Gasteiger partial charge in [0.25, 0.3) is 5.91 Å². The lowest BCUT2D eigenvalue weighted by atomic mass is 9.95. The Balaban J connectivity index is 1.84. The standard InChI is InChI=1S/C54H79N9O17/c1-9-28(4)43-54(78)80-30(6)44(61-47(71)36(20-22-41(55)68)56-46(70)35(57-50(74)40(67)26-64)19-14-31-10-15-33(66)16-11-31)51(75)59-38(24-27(2)3)48(72)58-37-21-23-42(69)63(52(37)76)45(29(5)65)53(77)62(7)39(49(73)60-43)25-32-12-17-34(79-8)18-13-32/h10-13,15-18,27-30,35-40,42-45,64-67,69H,9,14,19-26H2,1-8H3,(H2,55,68)(H,56,70)(H,57,74)(H,58,72)(H,59,75)(H,60,73)(H,61,71)/t28-,29-,30+,35-,36-,37-,38-,39-,40-,42+,43-,44-,45+/m0/s1. The number of fused-ring (bicyclic) bond motifs is 2. The average Bonchev–Trinajstić information content (AvgIpc) is 3.43. The quantitative estimate of drug-likeness (QED) is 0.0583. The largest absolute Gasteiger partial charge is 0.508 e. The third-order valence-corrected chi connectivity index (χ3v) is 14.2. The monoisotopic (exact) mass is 1130 g/mol. The van der Waals surface area contributed by atoms with Crippen molar-refractivity contribution in [2.75, 3.05) is 20.8 Å². The van der Waals surface area contributed by atoms with Crippen molar-refractivity contribution < 1.29 is 83.0 Å². The van der Waals surface area contributed by atoms with Crippen molar-refractivity contribution in [3.63, 3.8) is 0 Å². The SMILES string of the molecule is CC[C@H](C)[C@@H]1NC(=O)[C@H](Cc2ccc(OC)cc2)N(C)C(=O)[C@@H]([C@H](C)O)N2C(=O)[C@H](CC[C@H]2O)NC(=O)[C@H](CC(C)C)NC(=O)[C@@H](NC(=O)[C@H](CCC(N)=O)NC(=O)[C@H](CCc2ccc(O)cc2)NC(=O)[C@@H](O)CO)[C@@H](C)OC1=O. The maximum atomic E-state index is 14.8. The minimum absolute atomic E-state index is 0.0452. The molecule has 26 nitrogen and oxygen atoms in total. The number of methoxy groups -OCH3 is 1. The smallest absolute Gasteiger partial charge is 0.329 e. The van der Waals surface area contributed by atoms with Crippen molar-refractivity contribution in [2.24, 2.45) is 17.6 Å². The number of likely N-dealkylation sites (N-methyl/N-ethyl adjacent to an activating group) is 1. The van der Waals surface area contributed by atoms with Gasteiger partial charge in [-0.2, -0.15) is 0 Å². The van der Waals surface area contributed by atoms with Gasteiger partial charge in [0, 0.05) is 19.9 Å². The van der Waals surface area contributed by atoms with Gasteiger partial charge in [-0.1, -0.05) is 58.4 Å². The van der Waals surface area contributed by atoms with Crippen LogP contribution in [0.4, 0.5) is 0 Å². The van der Waals surface area contributed by atoms with E-state index in [1.807, 2.05) is 0 Å². The first-order valence-corrected chi connectivity index (χ1v) is 26.7. The number of nitrogens with zero attached hydrogens (tertiary/aromatic N) is 2. The summed E-state index contributed by atoms with van der Waals surface area (Å²) in [5.41, 5.74) is 6.58. The van der Waals surface area contributed by atoms with Crippen LogP contribution in [-0.4, -0.2) is 188 Å². The van der Waals surface area contributed by atoms with Gasteiger partial charge in [0.15, 0.2) is 6.10 Å². The lowest BCUT2D eigenvalue weighted by molar-refractivity contribution is -0.170. The Hall–Kier alpha value is -7.42. The summed E-state index contributed by atoms with van der Waals surface area (Å²) in [6, 6.07) is -0.531. The Labute approximate surface area is 464 Å². The molecular formula is C54H79N9O17. The van der Waals surface area contributed by atoms with E-state index in [0.717, 1.165) is 9.80 Å². The predicted molar refractivity (Wildman–Crippen MR) is 285 cm³/mol. The van der Waals surface area contributed by atoms with E-state index in [0.29, 0.717) is 16.9 Å². The number of nitrogens with one attached hydrogen (secondary N) is 6. The predicted octanol–water partition coefficient (Wildman–Crippen LogP) is -2.34. The number of phenols is 1. The molecule has 13 N–H and O–H groups in total. The number of phenolic OH excluding ortho intramolecular Hbond substituents is 1. The summed E-state index contributed by atoms with van der Waals surface area (Å²) < 4.78 is 11.2. The van der Waals surface area contributed by atoms with Crippen LogP contribution in [-0.2, 0) is 65.5 Å². The highest BCUT2D eigenvalue weighted by Gasteiger charge is 2.47. The molecule has 26 heteroatoms. The lowest BCUT2D eigenvalue weighted by Crippen LogP contribution is -2.67. The number of aliphatic hydroxyl groups is 4. The van der Waals surface area contributed by atoms with E-state index >= 15 is 0 Å². The lowest BCUT2D eigenvalue weighted by Gasteiger charge is -2.43. The highest BCUT2D eigenvalue weighted by atomic mass is 16.5. The van der Waals surface area contributed by atoms with Gasteiger partial charge in [0.2, 0.25) is 47.3 Å². The van der Waals surface area contributed by atoms with Crippen molar-refractivity contribution in [1.29, 1.82) is 0 Å². The first kappa shape index (κ1) is 65.1. The zero-order valence-corrected chi connectivity index (χ0v) is 46.4. The number of amides is 9. The summed E-state index contributed by atoms with van der Waals surface area (Å²) in [7, 11) is 2.71. The summed E-state index contributed by atoms with van der Waals surface area (Å²) in [5, 5.41) is 67.0. The molecule has 2 aliphatic rings. The van der Waals surface area contributed by atoms with Crippen LogP contribution in [0.1, 0.15) is 97.6 Å². The topological polar surface area (TPSA) is 395 Å². The van der Waals surface area contributed by atoms with Crippen molar-refractivity contribution in [3.05, 3.63) is 59.7 Å². The Kier molecular flexibility index (Phi) is 24.6. The van der Waals surface area contributed by atoms with Crippen LogP contribution in [0.3, 0.4) is 0 Å². The minimum Gasteiger partial charge on any atom is -0.508 e. The number of hydrogen-bond donors (Lipinski definition) is 12. The second-order valence-corrected chi connectivity index (χ2v) is 20.8. The van der Waals surface area contributed by atoms with Gasteiger partial charge in [0.1, 0.15) is 72.2 Å². The molecule has 4 rings (SSSR count). The molecule has 2 fully saturated rings. The summed E-state index contributed by atoms with van der Waals surface area (Å²) in [4.78, 5) is 143. The van der Waals surface area contributed by atoms with E-state index in [-0.39, 0.29) is 56.6 Å². The number of aliphatic hydroxyl groups excluding tert-OH is 4. The number of cyclic esters (lactones) is 1. The number of hydrogen-bond acceptors (Lipinski definition) is 17. The molecule has 2 aromatic carbocycles. The molecule has 0 spiro atoms. The molecule has 9 amide bonds. The van der Waals surface area contributed by atoms with Crippen molar-refractivity contribution >= 4 is 59.1 Å². The minimum atomic E-state index is -1.95. The van der Waals surface area contributed by atoms with Gasteiger partial charge < -0.3 is 82.4 Å². The number of piperidine rings is 1. The molecule has 2 aromatic rings. The first-order chi connectivity index (χ1) is 37.7. The number of rotatable bonds is 21. The maximum absolute atomic E-state index is 14.8. The Morgan fingerprint density at radius 2 is 1.43 bits per heavy atom. The number of benzene rings is 2. The Morgan fingerprint density at radius 1 is 0.812 bits per heavy atom. The van der Waals surface area contributed by atoms with Crippen LogP contribution >= 0.6 is 0 Å². The van der Waals surface area contributed by atoms with Gasteiger partial charge >= 0.3 is 5.97 Å². The van der Waals surface area contributed by atoms with Gasteiger partial charge in [-0.15, -0.1) is 0 Å². The number of aryl methyl sites for hydroxylation is 1.